The van der Waals surface area contributed by atoms with Gasteiger partial charge in [0.05, 0.1) is 6.61 Å². The Bertz CT molecular complexity index is 369. The minimum Gasteiger partial charge on any atom is -0.384 e. The number of nitrogens with zero attached hydrogens (tertiary/aromatic N) is 1. The van der Waals surface area contributed by atoms with Crippen LogP contribution in [-0.4, -0.2) is 38.3 Å². The SMILES string of the molecule is COCC1CCN(C(CN)c2ccc(Br)cc2)C1. The highest BCUT2D eigenvalue weighted by Gasteiger charge is 2.28. The van der Waals surface area contributed by atoms with Crippen molar-refractivity contribution in [1.82, 2.24) is 4.90 Å². The molecule has 2 N–H and O–H groups in total. The zero-order chi connectivity index (χ0) is 13.0. The fraction of sp³-hybridized carbons (Fsp3) is 0.571. The Kier molecular flexibility index (Phi) is 5.18. The molecular weight excluding hydrogens is 292 g/mol. The summed E-state index contributed by atoms with van der Waals surface area (Å²) in [5.41, 5.74) is 7.26. The number of nitrogens with two attached hydrogens (primary N) is 1. The Balaban J connectivity index is 2.03. The van der Waals surface area contributed by atoms with Crippen LogP contribution in [0.5, 0.6) is 0 Å². The Hall–Kier alpha value is -0.420. The molecule has 1 aromatic carbocycles. The highest BCUT2D eigenvalue weighted by Crippen LogP contribution is 2.27. The molecule has 0 amide bonds. The van der Waals surface area contributed by atoms with E-state index in [9.17, 15) is 0 Å². The van der Waals surface area contributed by atoms with E-state index in [4.69, 9.17) is 10.5 Å². The Morgan fingerprint density at radius 3 is 2.78 bits per heavy atom. The highest BCUT2D eigenvalue weighted by atomic mass is 79.9. The van der Waals surface area contributed by atoms with Crippen molar-refractivity contribution in [2.75, 3.05) is 33.4 Å². The van der Waals surface area contributed by atoms with E-state index < -0.39 is 0 Å². The normalized spacial score (nSPS) is 22.3. The lowest BCUT2D eigenvalue weighted by atomic mass is 10.1. The lowest BCUT2D eigenvalue weighted by Gasteiger charge is -2.27. The van der Waals surface area contributed by atoms with Gasteiger partial charge in [0.1, 0.15) is 0 Å². The van der Waals surface area contributed by atoms with Crippen LogP contribution in [0, 0.1) is 5.92 Å². The van der Waals surface area contributed by atoms with Crippen LogP contribution in [0.3, 0.4) is 0 Å². The first-order valence-corrected chi connectivity index (χ1v) is 7.22. The molecule has 1 aliphatic heterocycles. The lowest BCUT2D eigenvalue weighted by molar-refractivity contribution is 0.147. The summed E-state index contributed by atoms with van der Waals surface area (Å²) < 4.78 is 6.36. The Labute approximate surface area is 117 Å². The van der Waals surface area contributed by atoms with Crippen LogP contribution in [0.2, 0.25) is 0 Å². The van der Waals surface area contributed by atoms with E-state index in [1.165, 1.54) is 12.0 Å². The molecule has 0 spiro atoms. The van der Waals surface area contributed by atoms with Gasteiger partial charge in [-0.2, -0.15) is 0 Å². The summed E-state index contributed by atoms with van der Waals surface area (Å²) in [6, 6.07) is 8.82. The lowest BCUT2D eigenvalue weighted by Crippen LogP contribution is -2.32. The molecule has 1 aliphatic rings. The van der Waals surface area contributed by atoms with Crippen molar-refractivity contribution < 1.29 is 4.74 Å². The molecule has 3 nitrogen and oxygen atoms in total. The van der Waals surface area contributed by atoms with E-state index in [1.54, 1.807) is 7.11 Å². The maximum Gasteiger partial charge on any atom is 0.0503 e. The molecule has 4 heteroatoms. The molecule has 1 heterocycles. The van der Waals surface area contributed by atoms with Gasteiger partial charge in [0.25, 0.3) is 0 Å². The maximum atomic E-state index is 5.96. The molecule has 100 valence electrons. The van der Waals surface area contributed by atoms with Gasteiger partial charge in [-0.25, -0.2) is 0 Å². The van der Waals surface area contributed by atoms with Gasteiger partial charge < -0.3 is 10.5 Å². The molecule has 1 fully saturated rings. The van der Waals surface area contributed by atoms with Crippen LogP contribution >= 0.6 is 15.9 Å². The van der Waals surface area contributed by atoms with E-state index in [-0.39, 0.29) is 0 Å². The van der Waals surface area contributed by atoms with E-state index in [0.29, 0.717) is 18.5 Å². The van der Waals surface area contributed by atoms with Gasteiger partial charge in [0.15, 0.2) is 0 Å². The summed E-state index contributed by atoms with van der Waals surface area (Å²) in [5, 5.41) is 0. The predicted octanol–water partition coefficient (Wildman–Crippen LogP) is 2.42. The number of halogens is 1. The molecule has 1 saturated heterocycles. The molecule has 2 rings (SSSR count). The second-order valence-electron chi connectivity index (χ2n) is 4.91. The smallest absolute Gasteiger partial charge is 0.0503 e. The standard InChI is InChI=1S/C14H21BrN2O/c1-18-10-11-6-7-17(9-11)14(8-16)12-2-4-13(15)5-3-12/h2-5,11,14H,6-10,16H2,1H3. The summed E-state index contributed by atoms with van der Waals surface area (Å²) in [6.07, 6.45) is 1.21. The number of ether oxygens (including phenoxy) is 1. The van der Waals surface area contributed by atoms with Crippen LogP contribution < -0.4 is 5.73 Å². The average molecular weight is 313 g/mol. The summed E-state index contributed by atoms with van der Waals surface area (Å²) in [6.45, 7) is 3.73. The van der Waals surface area contributed by atoms with Gasteiger partial charge in [-0.3, -0.25) is 4.90 Å². The van der Waals surface area contributed by atoms with Gasteiger partial charge >= 0.3 is 0 Å². The first-order chi connectivity index (χ1) is 8.74. The first-order valence-electron chi connectivity index (χ1n) is 6.43. The molecule has 1 aromatic rings. The van der Waals surface area contributed by atoms with Crippen molar-refractivity contribution >= 4 is 15.9 Å². The molecular formula is C14H21BrN2O. The van der Waals surface area contributed by atoms with E-state index in [1.807, 2.05) is 0 Å². The Morgan fingerprint density at radius 2 is 2.17 bits per heavy atom. The van der Waals surface area contributed by atoms with Crippen molar-refractivity contribution in [3.63, 3.8) is 0 Å². The number of hydrogen-bond acceptors (Lipinski definition) is 3. The van der Waals surface area contributed by atoms with Crippen molar-refractivity contribution in [3.8, 4) is 0 Å². The molecule has 2 unspecified atom stereocenters. The van der Waals surface area contributed by atoms with Gasteiger partial charge in [-0.05, 0) is 36.6 Å². The van der Waals surface area contributed by atoms with Crippen molar-refractivity contribution in [2.24, 2.45) is 11.7 Å². The third-order valence-electron chi connectivity index (χ3n) is 3.64. The molecule has 0 saturated carbocycles. The summed E-state index contributed by atoms with van der Waals surface area (Å²) in [4.78, 5) is 2.48. The number of benzene rings is 1. The van der Waals surface area contributed by atoms with E-state index in [0.717, 1.165) is 24.2 Å². The number of hydrogen-bond donors (Lipinski definition) is 1. The monoisotopic (exact) mass is 312 g/mol. The summed E-state index contributed by atoms with van der Waals surface area (Å²) in [7, 11) is 1.78. The summed E-state index contributed by atoms with van der Waals surface area (Å²) >= 11 is 3.47. The topological polar surface area (TPSA) is 38.5 Å². The minimum atomic E-state index is 0.333. The molecule has 2 atom stereocenters. The van der Waals surface area contributed by atoms with Gasteiger partial charge in [0.2, 0.25) is 0 Å². The molecule has 0 aromatic heterocycles. The summed E-state index contributed by atoms with van der Waals surface area (Å²) in [5.74, 6) is 0.652. The minimum absolute atomic E-state index is 0.333. The molecule has 0 aliphatic carbocycles. The zero-order valence-corrected chi connectivity index (χ0v) is 12.4. The predicted molar refractivity (Wildman–Crippen MR) is 77.5 cm³/mol. The third-order valence-corrected chi connectivity index (χ3v) is 4.17. The Morgan fingerprint density at radius 1 is 1.44 bits per heavy atom. The third kappa shape index (κ3) is 3.32. The zero-order valence-electron chi connectivity index (χ0n) is 10.8. The molecule has 18 heavy (non-hydrogen) atoms. The second kappa shape index (κ2) is 6.66. The highest BCUT2D eigenvalue weighted by molar-refractivity contribution is 9.10. The number of methoxy groups -OCH3 is 1. The van der Waals surface area contributed by atoms with Crippen LogP contribution in [0.4, 0.5) is 0 Å². The van der Waals surface area contributed by atoms with Crippen molar-refractivity contribution in [1.29, 1.82) is 0 Å². The van der Waals surface area contributed by atoms with Crippen LogP contribution in [0.25, 0.3) is 0 Å². The van der Waals surface area contributed by atoms with Crippen LogP contribution in [0.15, 0.2) is 28.7 Å². The molecule has 0 radical (unpaired) electrons. The second-order valence-corrected chi connectivity index (χ2v) is 5.82. The van der Waals surface area contributed by atoms with Crippen molar-refractivity contribution in [3.05, 3.63) is 34.3 Å². The maximum absolute atomic E-state index is 5.96. The van der Waals surface area contributed by atoms with E-state index >= 15 is 0 Å². The number of likely N-dealkylation sites (tertiary alicyclic amines) is 1. The van der Waals surface area contributed by atoms with Crippen LogP contribution in [-0.2, 0) is 4.74 Å². The molecule has 0 bridgehead atoms. The number of rotatable bonds is 5. The largest absolute Gasteiger partial charge is 0.384 e. The quantitative estimate of drug-likeness (QED) is 0.907. The van der Waals surface area contributed by atoms with Gasteiger partial charge in [0, 0.05) is 30.7 Å². The van der Waals surface area contributed by atoms with Gasteiger partial charge in [-0.1, -0.05) is 28.1 Å². The van der Waals surface area contributed by atoms with Crippen molar-refractivity contribution in [2.45, 2.75) is 12.5 Å². The average Bonchev–Trinajstić information content (AvgIpc) is 2.82. The van der Waals surface area contributed by atoms with Crippen LogP contribution in [0.1, 0.15) is 18.0 Å². The fourth-order valence-electron chi connectivity index (χ4n) is 2.70. The van der Waals surface area contributed by atoms with Gasteiger partial charge in [-0.15, -0.1) is 0 Å². The first kappa shape index (κ1) is 14.0. The fourth-order valence-corrected chi connectivity index (χ4v) is 2.96. The van der Waals surface area contributed by atoms with E-state index in [2.05, 4.69) is 45.1 Å².